The number of nitrogens with zero attached hydrogens (tertiary/aromatic N) is 2. The molecule has 2 heterocycles. The van der Waals surface area contributed by atoms with Crippen LogP contribution in [0.5, 0.6) is 0 Å². The van der Waals surface area contributed by atoms with Crippen LogP contribution in [0.3, 0.4) is 0 Å². The van der Waals surface area contributed by atoms with Gasteiger partial charge in [-0.1, -0.05) is 15.9 Å². The number of hydrogen-bond donors (Lipinski definition) is 2. The molecular formula is C5H9BrN4. The molecule has 1 atom stereocenters. The highest BCUT2D eigenvalue weighted by Gasteiger charge is 2.24. The lowest BCUT2D eigenvalue weighted by molar-refractivity contribution is 0.380. The van der Waals surface area contributed by atoms with Crippen molar-refractivity contribution in [1.29, 1.82) is 0 Å². The second-order valence-electron chi connectivity index (χ2n) is 2.42. The zero-order chi connectivity index (χ0) is 6.97. The first-order valence-corrected chi connectivity index (χ1v) is 4.19. The van der Waals surface area contributed by atoms with Crippen molar-refractivity contribution in [3.05, 3.63) is 0 Å². The third-order valence-corrected chi connectivity index (χ3v) is 2.31. The van der Waals surface area contributed by atoms with E-state index in [-0.39, 0.29) is 0 Å². The van der Waals surface area contributed by atoms with E-state index in [0.717, 1.165) is 25.6 Å². The van der Waals surface area contributed by atoms with Crippen molar-refractivity contribution in [2.75, 3.05) is 19.8 Å². The third-order valence-electron chi connectivity index (χ3n) is 1.70. The Kier molecular flexibility index (Phi) is 1.54. The number of halogens is 1. The van der Waals surface area contributed by atoms with Crippen molar-refractivity contribution >= 4 is 21.8 Å². The number of piperazine rings is 1. The Labute approximate surface area is 67.8 Å². The molecule has 4 nitrogen and oxygen atoms in total. The molecule has 0 aromatic heterocycles. The van der Waals surface area contributed by atoms with E-state index >= 15 is 0 Å². The second kappa shape index (κ2) is 2.39. The Balaban J connectivity index is 2.06. The first-order valence-electron chi connectivity index (χ1n) is 3.28. The summed E-state index contributed by atoms with van der Waals surface area (Å²) in [5, 5.41) is 7.36. The van der Waals surface area contributed by atoms with Gasteiger partial charge in [-0.3, -0.25) is 10.7 Å². The molecule has 1 unspecified atom stereocenters. The van der Waals surface area contributed by atoms with Crippen LogP contribution in [-0.2, 0) is 0 Å². The first-order chi connectivity index (χ1) is 4.86. The van der Waals surface area contributed by atoms with Gasteiger partial charge in [-0.15, -0.1) is 0 Å². The van der Waals surface area contributed by atoms with Crippen LogP contribution in [0.25, 0.3) is 0 Å². The van der Waals surface area contributed by atoms with Crippen LogP contribution >= 0.6 is 15.9 Å². The van der Waals surface area contributed by atoms with E-state index in [2.05, 4.69) is 36.7 Å². The number of rotatable bonds is 0. The average molecular weight is 205 g/mol. The summed E-state index contributed by atoms with van der Waals surface area (Å²) in [7, 11) is 0. The van der Waals surface area contributed by atoms with Gasteiger partial charge in [-0.25, -0.2) is 0 Å². The highest BCUT2D eigenvalue weighted by atomic mass is 79.9. The lowest BCUT2D eigenvalue weighted by atomic mass is 10.4. The van der Waals surface area contributed by atoms with Gasteiger partial charge in [0.05, 0.1) is 11.5 Å². The van der Waals surface area contributed by atoms with Crippen molar-refractivity contribution in [3.63, 3.8) is 0 Å². The van der Waals surface area contributed by atoms with Crippen LogP contribution in [0.2, 0.25) is 0 Å². The Morgan fingerprint density at radius 3 is 3.50 bits per heavy atom. The Hall–Kier alpha value is -0.290. The summed E-state index contributed by atoms with van der Waals surface area (Å²) in [4.78, 5) is 2.63. The van der Waals surface area contributed by atoms with Crippen LogP contribution in [0, 0.1) is 0 Å². The van der Waals surface area contributed by atoms with Gasteiger partial charge >= 0.3 is 0 Å². The molecule has 56 valence electrons. The smallest absolute Gasteiger partial charge is 0.140 e. The number of hydrogen-bond acceptors (Lipinski definition) is 4. The normalized spacial score (nSPS) is 31.1. The van der Waals surface area contributed by atoms with Gasteiger partial charge in [0.25, 0.3) is 0 Å². The molecule has 0 aromatic carbocycles. The SMILES string of the molecule is BrC1CN2CNN=C2CN1. The van der Waals surface area contributed by atoms with Gasteiger partial charge in [0.2, 0.25) is 0 Å². The fourth-order valence-corrected chi connectivity index (χ4v) is 1.67. The third kappa shape index (κ3) is 0.992. The number of alkyl halides is 1. The molecule has 0 radical (unpaired) electrons. The second-order valence-corrected chi connectivity index (χ2v) is 3.52. The summed E-state index contributed by atoms with van der Waals surface area (Å²) in [5.41, 5.74) is 2.94. The van der Waals surface area contributed by atoms with Crippen LogP contribution in [0.1, 0.15) is 0 Å². The monoisotopic (exact) mass is 204 g/mol. The molecule has 0 aliphatic carbocycles. The molecule has 2 rings (SSSR count). The molecule has 2 N–H and O–H groups in total. The van der Waals surface area contributed by atoms with Crippen LogP contribution in [-0.4, -0.2) is 35.4 Å². The zero-order valence-corrected chi connectivity index (χ0v) is 7.06. The van der Waals surface area contributed by atoms with E-state index in [9.17, 15) is 0 Å². The summed E-state index contributed by atoms with van der Waals surface area (Å²) >= 11 is 3.49. The molecule has 5 heteroatoms. The molecule has 2 aliphatic heterocycles. The van der Waals surface area contributed by atoms with Gasteiger partial charge in [-0.2, -0.15) is 5.10 Å². The van der Waals surface area contributed by atoms with E-state index in [1.54, 1.807) is 0 Å². The van der Waals surface area contributed by atoms with E-state index in [0.29, 0.717) is 4.95 Å². The molecule has 0 bridgehead atoms. The van der Waals surface area contributed by atoms with E-state index in [4.69, 9.17) is 0 Å². The molecule has 0 aromatic rings. The van der Waals surface area contributed by atoms with Crippen molar-refractivity contribution in [1.82, 2.24) is 15.6 Å². The fraction of sp³-hybridized carbons (Fsp3) is 0.800. The minimum absolute atomic E-state index is 0.409. The molecule has 2 aliphatic rings. The lowest BCUT2D eigenvalue weighted by Crippen LogP contribution is -2.50. The number of hydrazone groups is 1. The van der Waals surface area contributed by atoms with Crippen molar-refractivity contribution < 1.29 is 0 Å². The first kappa shape index (κ1) is 6.42. The Morgan fingerprint density at radius 2 is 2.60 bits per heavy atom. The molecule has 1 saturated heterocycles. The topological polar surface area (TPSA) is 39.7 Å². The average Bonchev–Trinajstić information content (AvgIpc) is 2.33. The van der Waals surface area contributed by atoms with Crippen LogP contribution < -0.4 is 10.7 Å². The fourth-order valence-electron chi connectivity index (χ4n) is 1.16. The maximum absolute atomic E-state index is 4.10. The predicted octanol–water partition coefficient (Wildman–Crippen LogP) is -0.513. The van der Waals surface area contributed by atoms with Gasteiger partial charge in [0.1, 0.15) is 12.5 Å². The summed E-state index contributed by atoms with van der Waals surface area (Å²) in [5.74, 6) is 1.12. The molecule has 0 spiro atoms. The molecule has 0 saturated carbocycles. The molecule has 0 amide bonds. The van der Waals surface area contributed by atoms with Gasteiger partial charge in [-0.05, 0) is 0 Å². The van der Waals surface area contributed by atoms with Gasteiger partial charge in [0.15, 0.2) is 0 Å². The van der Waals surface area contributed by atoms with E-state index in [1.165, 1.54) is 0 Å². The zero-order valence-electron chi connectivity index (χ0n) is 5.47. The predicted molar refractivity (Wildman–Crippen MR) is 42.9 cm³/mol. The summed E-state index contributed by atoms with van der Waals surface area (Å²) in [6.45, 7) is 2.72. The van der Waals surface area contributed by atoms with Gasteiger partial charge < -0.3 is 4.90 Å². The number of fused-ring (bicyclic) bond motifs is 1. The maximum atomic E-state index is 4.10. The quantitative estimate of drug-likeness (QED) is 0.413. The summed E-state index contributed by atoms with van der Waals surface area (Å²) in [6, 6.07) is 0. The van der Waals surface area contributed by atoms with Crippen molar-refractivity contribution in [2.24, 2.45) is 5.10 Å². The summed E-state index contributed by atoms with van der Waals surface area (Å²) < 4.78 is 0. The minimum Gasteiger partial charge on any atom is -0.336 e. The van der Waals surface area contributed by atoms with Crippen LogP contribution in [0.15, 0.2) is 5.10 Å². The largest absolute Gasteiger partial charge is 0.336 e. The molecular weight excluding hydrogens is 196 g/mol. The number of amidine groups is 1. The number of nitrogens with one attached hydrogen (secondary N) is 2. The lowest BCUT2D eigenvalue weighted by Gasteiger charge is -2.28. The van der Waals surface area contributed by atoms with Gasteiger partial charge in [0, 0.05) is 6.54 Å². The molecule has 10 heavy (non-hydrogen) atoms. The Morgan fingerprint density at radius 1 is 1.70 bits per heavy atom. The standard InChI is InChI=1S/C5H9BrN4/c6-4-2-10-3-8-9-5(10)1-7-4/h4,7-8H,1-3H2. The maximum Gasteiger partial charge on any atom is 0.140 e. The van der Waals surface area contributed by atoms with E-state index < -0.39 is 0 Å². The summed E-state index contributed by atoms with van der Waals surface area (Å²) in [6.07, 6.45) is 0. The van der Waals surface area contributed by atoms with Crippen LogP contribution in [0.4, 0.5) is 0 Å². The molecule has 1 fully saturated rings. The Bertz CT molecular complexity index is 169. The van der Waals surface area contributed by atoms with Crippen molar-refractivity contribution in [3.8, 4) is 0 Å². The highest BCUT2D eigenvalue weighted by molar-refractivity contribution is 9.09. The highest BCUT2D eigenvalue weighted by Crippen LogP contribution is 2.07. The minimum atomic E-state index is 0.409. The van der Waals surface area contributed by atoms with Crippen molar-refractivity contribution in [2.45, 2.75) is 4.95 Å². The van der Waals surface area contributed by atoms with E-state index in [1.807, 2.05) is 0 Å².